The Morgan fingerprint density at radius 3 is 2.60 bits per heavy atom. The first-order chi connectivity index (χ1) is 9.60. The fourth-order valence-corrected chi connectivity index (χ4v) is 2.24. The van der Waals surface area contributed by atoms with Crippen molar-refractivity contribution in [3.63, 3.8) is 0 Å². The third-order valence-electron chi connectivity index (χ3n) is 2.98. The highest BCUT2D eigenvalue weighted by Crippen LogP contribution is 2.29. The third kappa shape index (κ3) is 1.91. The van der Waals surface area contributed by atoms with E-state index >= 15 is 0 Å². The summed E-state index contributed by atoms with van der Waals surface area (Å²) < 4.78 is 14.7. The summed E-state index contributed by atoms with van der Waals surface area (Å²) in [6.45, 7) is 7.01. The molecule has 0 fully saturated rings. The van der Waals surface area contributed by atoms with Crippen LogP contribution in [0.4, 0.5) is 10.2 Å². The van der Waals surface area contributed by atoms with Crippen molar-refractivity contribution >= 4 is 28.6 Å². The van der Waals surface area contributed by atoms with Crippen LogP contribution in [-0.2, 0) is 7.05 Å². The molecule has 0 saturated heterocycles. The first-order valence-electron chi connectivity index (χ1n) is 5.76. The lowest BCUT2D eigenvalue weighted by atomic mass is 10.2. The van der Waals surface area contributed by atoms with Gasteiger partial charge in [0.25, 0.3) is 11.5 Å². The summed E-state index contributed by atoms with van der Waals surface area (Å²) >= 11 is 6.12. The van der Waals surface area contributed by atoms with E-state index in [1.807, 2.05) is 0 Å². The van der Waals surface area contributed by atoms with Gasteiger partial charge in [0, 0.05) is 12.6 Å². The summed E-state index contributed by atoms with van der Waals surface area (Å²) in [4.78, 5) is 11.9. The Bertz CT molecular complexity index is 846. The van der Waals surface area contributed by atoms with Gasteiger partial charge in [0.15, 0.2) is 5.52 Å². The molecule has 20 heavy (non-hydrogen) atoms. The Balaban J connectivity index is 2.28. The van der Waals surface area contributed by atoms with Gasteiger partial charge in [0.05, 0.1) is 5.02 Å². The largest absolute Gasteiger partial charge is 0.361 e. The molecule has 2 heterocycles. The molecular weight excluding hydrogens is 279 g/mol. The van der Waals surface area contributed by atoms with Crippen LogP contribution in [0.5, 0.6) is 0 Å². The molecule has 0 aliphatic carbocycles. The number of hydrogen-bond donors (Lipinski definition) is 0. The fraction of sp³-hybridized carbons (Fsp3) is 0.0714. The molecule has 4 nitrogen and oxygen atoms in total. The van der Waals surface area contributed by atoms with Gasteiger partial charge in [-0.3, -0.25) is 4.57 Å². The zero-order chi connectivity index (χ0) is 14.3. The highest BCUT2D eigenvalue weighted by Gasteiger charge is 2.17. The second-order valence-electron chi connectivity index (χ2n) is 4.25. The molecule has 1 aromatic carbocycles. The Hall–Kier alpha value is -2.45. The molecule has 0 bridgehead atoms. The fourth-order valence-electron chi connectivity index (χ4n) is 2.02. The maximum absolute atomic E-state index is 13.0. The normalized spacial score (nSPS) is 10.7. The van der Waals surface area contributed by atoms with E-state index in [1.165, 1.54) is 18.2 Å². The Kier molecular flexibility index (Phi) is 2.88. The lowest BCUT2D eigenvalue weighted by Crippen LogP contribution is -1.93. The number of imidazole rings is 1. The number of aromatic nitrogens is 3. The van der Waals surface area contributed by atoms with Crippen molar-refractivity contribution in [3.05, 3.63) is 52.6 Å². The Labute approximate surface area is 119 Å². The summed E-state index contributed by atoms with van der Waals surface area (Å²) in [6, 6.07) is 7.50. The molecule has 2 aromatic heterocycles. The van der Waals surface area contributed by atoms with Crippen LogP contribution >= 0.6 is 11.6 Å². The van der Waals surface area contributed by atoms with E-state index in [4.69, 9.17) is 18.2 Å². The van der Waals surface area contributed by atoms with E-state index in [0.717, 1.165) is 5.56 Å². The number of rotatable bonds is 1. The maximum Gasteiger partial charge on any atom is 0.273 e. The van der Waals surface area contributed by atoms with Gasteiger partial charge in [-0.25, -0.2) is 9.37 Å². The monoisotopic (exact) mass is 286 g/mol. The zero-order valence-corrected chi connectivity index (χ0v) is 11.2. The molecule has 0 amide bonds. The molecule has 0 aliphatic heterocycles. The van der Waals surface area contributed by atoms with Crippen molar-refractivity contribution in [1.82, 2.24) is 14.5 Å². The first kappa shape index (κ1) is 12.6. The molecule has 0 atom stereocenters. The molecular formula is C14H8ClFN4. The van der Waals surface area contributed by atoms with Crippen LogP contribution in [0.3, 0.4) is 0 Å². The highest BCUT2D eigenvalue weighted by molar-refractivity contribution is 6.35. The van der Waals surface area contributed by atoms with Gasteiger partial charge < -0.3 is 4.85 Å². The topological polar surface area (TPSA) is 35.1 Å². The van der Waals surface area contributed by atoms with E-state index in [1.54, 1.807) is 23.7 Å². The lowest BCUT2D eigenvalue weighted by molar-refractivity contribution is 0.628. The van der Waals surface area contributed by atoms with Crippen molar-refractivity contribution in [2.45, 2.75) is 0 Å². The molecule has 0 spiro atoms. The minimum Gasteiger partial charge on any atom is -0.361 e. The van der Waals surface area contributed by atoms with Gasteiger partial charge in [-0.05, 0) is 30.3 Å². The minimum absolute atomic E-state index is 0.219. The zero-order valence-electron chi connectivity index (χ0n) is 10.4. The van der Waals surface area contributed by atoms with Gasteiger partial charge in [-0.15, -0.1) is 0 Å². The van der Waals surface area contributed by atoms with Gasteiger partial charge in [0.1, 0.15) is 11.6 Å². The number of benzene rings is 1. The van der Waals surface area contributed by atoms with Crippen LogP contribution < -0.4 is 0 Å². The third-order valence-corrected chi connectivity index (χ3v) is 3.27. The standard InChI is InChI=1S/C14H8ClFN4/c1-17-11-7-10(15)12-14(18-11)20(2)13(19-12)8-3-5-9(16)6-4-8/h3-7H,2H3. The van der Waals surface area contributed by atoms with Crippen molar-refractivity contribution < 1.29 is 4.39 Å². The molecule has 0 radical (unpaired) electrons. The Morgan fingerprint density at radius 1 is 1.25 bits per heavy atom. The predicted octanol–water partition coefficient (Wildman–Crippen LogP) is 3.98. The quantitative estimate of drug-likeness (QED) is 0.634. The van der Waals surface area contributed by atoms with Crippen LogP contribution in [-0.4, -0.2) is 14.5 Å². The van der Waals surface area contributed by atoms with Crippen LogP contribution in [0, 0.1) is 12.4 Å². The second-order valence-corrected chi connectivity index (χ2v) is 4.65. The maximum atomic E-state index is 13.0. The average Bonchev–Trinajstić information content (AvgIpc) is 2.78. The highest BCUT2D eigenvalue weighted by atomic mass is 35.5. The molecule has 0 unspecified atom stereocenters. The van der Waals surface area contributed by atoms with Crippen molar-refractivity contribution in [1.29, 1.82) is 0 Å². The van der Waals surface area contributed by atoms with Crippen LogP contribution in [0.2, 0.25) is 5.02 Å². The van der Waals surface area contributed by atoms with Crippen LogP contribution in [0.15, 0.2) is 30.3 Å². The number of nitrogens with zero attached hydrogens (tertiary/aromatic N) is 4. The summed E-state index contributed by atoms with van der Waals surface area (Å²) in [7, 11) is 1.78. The van der Waals surface area contributed by atoms with Gasteiger partial charge in [-0.1, -0.05) is 23.2 Å². The average molecular weight is 287 g/mol. The molecule has 0 saturated carbocycles. The number of fused-ring (bicyclic) bond motifs is 1. The molecule has 6 heteroatoms. The lowest BCUT2D eigenvalue weighted by Gasteiger charge is -2.00. The van der Waals surface area contributed by atoms with Crippen molar-refractivity contribution in [3.8, 4) is 11.4 Å². The SMILES string of the molecule is [C-]#[N+]c1cc(Cl)c2nc(-c3ccc(F)cc3)n(C)c2n1. The summed E-state index contributed by atoms with van der Waals surface area (Å²) in [5.41, 5.74) is 1.82. The summed E-state index contributed by atoms with van der Waals surface area (Å²) in [5, 5.41) is 0.380. The smallest absolute Gasteiger partial charge is 0.273 e. The van der Waals surface area contributed by atoms with Gasteiger partial charge in [0.2, 0.25) is 0 Å². The first-order valence-corrected chi connectivity index (χ1v) is 6.14. The Morgan fingerprint density at radius 2 is 1.95 bits per heavy atom. The van der Waals surface area contributed by atoms with E-state index in [2.05, 4.69) is 14.8 Å². The number of aryl methyl sites for hydroxylation is 1. The van der Waals surface area contributed by atoms with E-state index < -0.39 is 0 Å². The molecule has 0 N–H and O–H groups in total. The van der Waals surface area contributed by atoms with E-state index in [-0.39, 0.29) is 11.6 Å². The van der Waals surface area contributed by atoms with Gasteiger partial charge in [-0.2, -0.15) is 0 Å². The van der Waals surface area contributed by atoms with Crippen LogP contribution in [0.1, 0.15) is 0 Å². The van der Waals surface area contributed by atoms with Crippen molar-refractivity contribution in [2.75, 3.05) is 0 Å². The number of hydrogen-bond acceptors (Lipinski definition) is 2. The van der Waals surface area contributed by atoms with Crippen molar-refractivity contribution in [2.24, 2.45) is 7.05 Å². The van der Waals surface area contributed by atoms with E-state index in [0.29, 0.717) is 22.0 Å². The molecule has 98 valence electrons. The summed E-state index contributed by atoms with van der Waals surface area (Å²) in [6.07, 6.45) is 0. The molecule has 3 aromatic rings. The van der Waals surface area contributed by atoms with E-state index in [9.17, 15) is 4.39 Å². The minimum atomic E-state index is -0.307. The summed E-state index contributed by atoms with van der Waals surface area (Å²) in [5.74, 6) is 0.534. The molecule has 3 rings (SSSR count). The second kappa shape index (κ2) is 4.58. The number of halogens is 2. The number of pyridine rings is 1. The van der Waals surface area contributed by atoms with Gasteiger partial charge >= 0.3 is 0 Å². The van der Waals surface area contributed by atoms with Crippen LogP contribution in [0.25, 0.3) is 27.4 Å². The predicted molar refractivity (Wildman–Crippen MR) is 75.2 cm³/mol. The molecule has 0 aliphatic rings.